The van der Waals surface area contributed by atoms with E-state index < -0.39 is 23.6 Å². The van der Waals surface area contributed by atoms with Gasteiger partial charge in [-0.1, -0.05) is 19.1 Å². The first-order valence-electron chi connectivity index (χ1n) is 11.7. The maximum atomic E-state index is 14.0. The molecule has 0 saturated heterocycles. The highest BCUT2D eigenvalue weighted by atomic mass is 19.1. The fraction of sp³-hybridized carbons (Fsp3) is 0.370. The molecule has 4 N–H and O–H groups in total. The average Bonchev–Trinajstić information content (AvgIpc) is 3.19. The molecule has 2 atom stereocenters. The highest BCUT2D eigenvalue weighted by molar-refractivity contribution is 6.09. The van der Waals surface area contributed by atoms with E-state index >= 15 is 0 Å². The number of H-pyrrole nitrogens is 1. The monoisotopic (exact) mass is 494 g/mol. The van der Waals surface area contributed by atoms with Crippen LogP contribution in [0.5, 0.6) is 0 Å². The van der Waals surface area contributed by atoms with Gasteiger partial charge >= 0.3 is 6.09 Å². The number of halogens is 1. The van der Waals surface area contributed by atoms with Crippen LogP contribution in [0.4, 0.5) is 9.18 Å². The van der Waals surface area contributed by atoms with Crippen LogP contribution in [0.25, 0.3) is 22.0 Å². The van der Waals surface area contributed by atoms with Crippen LogP contribution in [0.15, 0.2) is 42.5 Å². The number of ether oxygens (including phenoxy) is 1. The molecule has 0 radical (unpaired) electrons. The van der Waals surface area contributed by atoms with Gasteiger partial charge in [0, 0.05) is 29.6 Å². The Morgan fingerprint density at radius 1 is 1.14 bits per heavy atom. The second kappa shape index (κ2) is 11.2. The molecule has 8 nitrogen and oxygen atoms in total. The van der Waals surface area contributed by atoms with E-state index in [1.165, 1.54) is 12.1 Å². The van der Waals surface area contributed by atoms with E-state index in [2.05, 4.69) is 21.7 Å². The van der Waals surface area contributed by atoms with E-state index in [0.29, 0.717) is 34.0 Å². The van der Waals surface area contributed by atoms with Crippen LogP contribution >= 0.6 is 0 Å². The van der Waals surface area contributed by atoms with Gasteiger partial charge in [-0.05, 0) is 69.0 Å². The number of hydrogen-bond donors (Lipinski definition) is 4. The molecule has 9 heteroatoms. The van der Waals surface area contributed by atoms with Crippen LogP contribution in [0.3, 0.4) is 0 Å². The number of hydrogen-bond acceptors (Lipinski definition) is 5. The van der Waals surface area contributed by atoms with Crippen molar-refractivity contribution in [1.82, 2.24) is 15.6 Å². The first-order valence-corrected chi connectivity index (χ1v) is 11.7. The van der Waals surface area contributed by atoms with E-state index in [-0.39, 0.29) is 30.6 Å². The van der Waals surface area contributed by atoms with Gasteiger partial charge < -0.3 is 25.5 Å². The number of nitrogens with zero attached hydrogens (tertiary/aromatic N) is 1. The number of nitriles is 1. The molecule has 3 rings (SSSR count). The predicted molar refractivity (Wildman–Crippen MR) is 135 cm³/mol. The lowest BCUT2D eigenvalue weighted by molar-refractivity contribution is 0.0481. The quantitative estimate of drug-likeness (QED) is 0.367. The molecule has 1 aromatic heterocycles. The third-order valence-corrected chi connectivity index (χ3v) is 5.46. The Bertz CT molecular complexity index is 1270. The van der Waals surface area contributed by atoms with Crippen LogP contribution in [0.1, 0.15) is 50.2 Å². The van der Waals surface area contributed by atoms with E-state index in [1.807, 2.05) is 6.92 Å². The first-order chi connectivity index (χ1) is 17.0. The maximum absolute atomic E-state index is 14.0. The standard InChI is InChI=1S/C27H31FN4O4/c1-16(11-20(33)15-31-26(35)36-27(2,3)4)14-30-25(34)24-23(18-7-5-17(13-29)6-8-18)21-12-19(28)9-10-22(21)32-24/h5-10,12,16,20,32-33H,11,14-15H2,1-4H3,(H,30,34)(H,31,35)/t16-,20?/m0/s1. The number of amides is 2. The first kappa shape index (κ1) is 26.7. The summed E-state index contributed by atoms with van der Waals surface area (Å²) in [5.74, 6) is -0.894. The number of rotatable bonds is 8. The number of alkyl carbamates (subject to hydrolysis) is 1. The van der Waals surface area contributed by atoms with Crippen LogP contribution in [-0.2, 0) is 4.74 Å². The minimum Gasteiger partial charge on any atom is -0.444 e. The summed E-state index contributed by atoms with van der Waals surface area (Å²) in [5.41, 5.74) is 1.95. The third-order valence-electron chi connectivity index (χ3n) is 5.46. The minimum atomic E-state index is -0.810. The average molecular weight is 495 g/mol. The van der Waals surface area contributed by atoms with Gasteiger partial charge in [0.05, 0.1) is 17.7 Å². The number of benzene rings is 2. The number of aromatic nitrogens is 1. The van der Waals surface area contributed by atoms with E-state index in [1.54, 1.807) is 51.1 Å². The Morgan fingerprint density at radius 2 is 1.83 bits per heavy atom. The van der Waals surface area contributed by atoms with Crippen LogP contribution in [0, 0.1) is 23.1 Å². The molecule has 36 heavy (non-hydrogen) atoms. The summed E-state index contributed by atoms with van der Waals surface area (Å²) in [4.78, 5) is 28.0. The Hall–Kier alpha value is -3.90. The molecule has 2 aromatic carbocycles. The van der Waals surface area contributed by atoms with Crippen molar-refractivity contribution in [3.63, 3.8) is 0 Å². The summed E-state index contributed by atoms with van der Waals surface area (Å²) in [5, 5.41) is 25.3. The van der Waals surface area contributed by atoms with E-state index in [0.717, 1.165) is 0 Å². The summed E-state index contributed by atoms with van der Waals surface area (Å²) in [6.07, 6.45) is -1.07. The zero-order valence-corrected chi connectivity index (χ0v) is 20.8. The molecule has 0 bridgehead atoms. The lowest BCUT2D eigenvalue weighted by Crippen LogP contribution is -2.38. The molecule has 0 spiro atoms. The topological polar surface area (TPSA) is 127 Å². The minimum absolute atomic E-state index is 0.0314. The summed E-state index contributed by atoms with van der Waals surface area (Å²) >= 11 is 0. The molecule has 1 heterocycles. The fourth-order valence-electron chi connectivity index (χ4n) is 3.85. The number of carbonyl (C=O) groups is 2. The summed E-state index contributed by atoms with van der Waals surface area (Å²) in [7, 11) is 0. The summed E-state index contributed by atoms with van der Waals surface area (Å²) in [6.45, 7) is 7.44. The fourth-order valence-corrected chi connectivity index (χ4v) is 3.85. The smallest absolute Gasteiger partial charge is 0.407 e. The number of aromatic amines is 1. The van der Waals surface area contributed by atoms with E-state index in [4.69, 9.17) is 10.00 Å². The molecular weight excluding hydrogens is 463 g/mol. The molecule has 1 unspecified atom stereocenters. The highest BCUT2D eigenvalue weighted by Crippen LogP contribution is 2.33. The molecule has 3 aromatic rings. The molecule has 0 fully saturated rings. The van der Waals surface area contributed by atoms with Crippen molar-refractivity contribution in [2.45, 2.75) is 45.8 Å². The highest BCUT2D eigenvalue weighted by Gasteiger charge is 2.21. The number of fused-ring (bicyclic) bond motifs is 1. The molecular formula is C27H31FN4O4. The van der Waals surface area contributed by atoms with Gasteiger partial charge in [0.15, 0.2) is 0 Å². The van der Waals surface area contributed by atoms with Crippen molar-refractivity contribution in [1.29, 1.82) is 5.26 Å². The molecule has 0 aliphatic rings. The van der Waals surface area contributed by atoms with Crippen LogP contribution in [0.2, 0.25) is 0 Å². The largest absolute Gasteiger partial charge is 0.444 e. The van der Waals surface area contributed by atoms with Gasteiger partial charge in [-0.25, -0.2) is 9.18 Å². The predicted octanol–water partition coefficient (Wildman–Crippen LogP) is 4.49. The van der Waals surface area contributed by atoms with Crippen molar-refractivity contribution in [2.75, 3.05) is 13.1 Å². The van der Waals surface area contributed by atoms with Gasteiger partial charge in [0.25, 0.3) is 5.91 Å². The number of aliphatic hydroxyl groups is 1. The molecule has 0 aliphatic heterocycles. The lowest BCUT2D eigenvalue weighted by atomic mass is 10.00. The number of aliphatic hydroxyl groups excluding tert-OH is 1. The normalized spacial score (nSPS) is 13.0. The zero-order chi connectivity index (χ0) is 26.5. The van der Waals surface area contributed by atoms with Gasteiger partial charge in [0.1, 0.15) is 17.1 Å². The zero-order valence-electron chi connectivity index (χ0n) is 20.8. The van der Waals surface area contributed by atoms with Crippen LogP contribution in [-0.4, -0.2) is 46.9 Å². The Morgan fingerprint density at radius 3 is 2.47 bits per heavy atom. The summed E-state index contributed by atoms with van der Waals surface area (Å²) < 4.78 is 19.2. The van der Waals surface area contributed by atoms with Gasteiger partial charge in [-0.3, -0.25) is 4.79 Å². The van der Waals surface area contributed by atoms with Gasteiger partial charge in [-0.15, -0.1) is 0 Å². The van der Waals surface area contributed by atoms with Gasteiger partial charge in [0.2, 0.25) is 0 Å². The van der Waals surface area contributed by atoms with Crippen molar-refractivity contribution >= 4 is 22.9 Å². The molecule has 190 valence electrons. The number of nitrogens with one attached hydrogen (secondary N) is 3. The lowest BCUT2D eigenvalue weighted by Gasteiger charge is -2.21. The van der Waals surface area contributed by atoms with Crippen LogP contribution < -0.4 is 10.6 Å². The van der Waals surface area contributed by atoms with Crippen molar-refractivity contribution in [2.24, 2.45) is 5.92 Å². The third kappa shape index (κ3) is 7.06. The maximum Gasteiger partial charge on any atom is 0.407 e. The summed E-state index contributed by atoms with van der Waals surface area (Å²) in [6, 6.07) is 13.0. The van der Waals surface area contributed by atoms with Crippen molar-refractivity contribution in [3.8, 4) is 17.2 Å². The van der Waals surface area contributed by atoms with E-state index in [9.17, 15) is 19.1 Å². The number of carbonyl (C=O) groups excluding carboxylic acids is 2. The SMILES string of the molecule is C[C@H](CNC(=O)c1[nH]c2ccc(F)cc2c1-c1ccc(C#N)cc1)CC(O)CNC(=O)OC(C)(C)C. The Kier molecular flexibility index (Phi) is 8.33. The molecule has 2 amide bonds. The Balaban J connectivity index is 1.67. The second-order valence-corrected chi connectivity index (χ2v) is 9.84. The molecule has 0 aliphatic carbocycles. The van der Waals surface area contributed by atoms with Gasteiger partial charge in [-0.2, -0.15) is 5.26 Å². The Labute approximate surface area is 209 Å². The second-order valence-electron chi connectivity index (χ2n) is 9.84. The molecule has 0 saturated carbocycles. The van der Waals surface area contributed by atoms with Crippen molar-refractivity contribution < 1.29 is 23.8 Å². The van der Waals surface area contributed by atoms with Crippen molar-refractivity contribution in [3.05, 3.63) is 59.5 Å².